The molecule has 0 atom stereocenters. The van der Waals surface area contributed by atoms with E-state index in [1.165, 1.54) is 25.3 Å². The molecule has 138 valence electrons. The third kappa shape index (κ3) is 5.39. The highest BCUT2D eigenvalue weighted by atomic mass is 32.2. The van der Waals surface area contributed by atoms with Crippen LogP contribution in [0.4, 0.5) is 16.5 Å². The molecule has 0 aliphatic heterocycles. The summed E-state index contributed by atoms with van der Waals surface area (Å²) in [5, 5.41) is 24.2. The highest BCUT2D eigenvalue weighted by Gasteiger charge is 2.18. The lowest BCUT2D eigenvalue weighted by Gasteiger charge is -2.06. The Hall–Kier alpha value is -2.73. The van der Waals surface area contributed by atoms with E-state index in [4.69, 9.17) is 4.74 Å². The van der Waals surface area contributed by atoms with Crippen molar-refractivity contribution in [1.82, 2.24) is 10.2 Å². The van der Waals surface area contributed by atoms with E-state index in [2.05, 4.69) is 20.8 Å². The standard InChI is InChI=1S/C14H15N5O5S2/c1-3-11(20)16-13-17-18-14(26-13)25-7-12(21)15-9-5-4-8(24-2)6-10(9)19(22)23/h4-6H,3,7H2,1-2H3,(H,15,21)(H,16,17,20). The minimum absolute atomic E-state index is 0.0143. The van der Waals surface area contributed by atoms with Gasteiger partial charge in [0.15, 0.2) is 4.34 Å². The number of nitro benzene ring substituents is 1. The molecule has 2 rings (SSSR count). The van der Waals surface area contributed by atoms with Crippen molar-refractivity contribution in [3.63, 3.8) is 0 Å². The van der Waals surface area contributed by atoms with Crippen LogP contribution in [0.5, 0.6) is 5.75 Å². The number of ether oxygens (including phenoxy) is 1. The molecule has 1 heterocycles. The number of rotatable bonds is 8. The summed E-state index contributed by atoms with van der Waals surface area (Å²) in [7, 11) is 1.40. The Morgan fingerprint density at radius 2 is 2.08 bits per heavy atom. The van der Waals surface area contributed by atoms with E-state index in [0.29, 0.717) is 21.6 Å². The number of thioether (sulfide) groups is 1. The van der Waals surface area contributed by atoms with Crippen LogP contribution in [-0.4, -0.2) is 39.8 Å². The zero-order valence-corrected chi connectivity index (χ0v) is 15.5. The van der Waals surface area contributed by atoms with Gasteiger partial charge in [0.25, 0.3) is 5.69 Å². The second kappa shape index (κ2) is 9.10. The maximum atomic E-state index is 12.0. The van der Waals surface area contributed by atoms with Crippen LogP contribution in [0.25, 0.3) is 0 Å². The number of nitrogens with zero attached hydrogens (tertiary/aromatic N) is 3. The predicted octanol–water partition coefficient (Wildman–Crippen LogP) is 2.53. The Kier molecular flexibility index (Phi) is 6.86. The molecule has 0 fully saturated rings. The van der Waals surface area contributed by atoms with Crippen LogP contribution in [0.3, 0.4) is 0 Å². The molecule has 10 nitrogen and oxygen atoms in total. The molecule has 0 saturated heterocycles. The summed E-state index contributed by atoms with van der Waals surface area (Å²) in [4.78, 5) is 33.8. The Morgan fingerprint density at radius 1 is 1.31 bits per heavy atom. The van der Waals surface area contributed by atoms with Crippen LogP contribution >= 0.6 is 23.1 Å². The van der Waals surface area contributed by atoms with Crippen molar-refractivity contribution in [2.24, 2.45) is 0 Å². The monoisotopic (exact) mass is 397 g/mol. The lowest BCUT2D eigenvalue weighted by molar-refractivity contribution is -0.384. The van der Waals surface area contributed by atoms with E-state index in [1.807, 2.05) is 0 Å². The van der Waals surface area contributed by atoms with Gasteiger partial charge >= 0.3 is 0 Å². The summed E-state index contributed by atoms with van der Waals surface area (Å²) in [6, 6.07) is 4.16. The fraction of sp³-hybridized carbons (Fsp3) is 0.286. The van der Waals surface area contributed by atoms with Gasteiger partial charge in [0.05, 0.1) is 23.9 Å². The maximum absolute atomic E-state index is 12.0. The Bertz CT molecular complexity index is 826. The van der Waals surface area contributed by atoms with Crippen LogP contribution in [-0.2, 0) is 9.59 Å². The number of nitro groups is 1. The Balaban J connectivity index is 1.95. The van der Waals surface area contributed by atoms with E-state index in [0.717, 1.165) is 23.1 Å². The molecule has 0 aliphatic carbocycles. The fourth-order valence-corrected chi connectivity index (χ4v) is 3.30. The molecule has 0 radical (unpaired) electrons. The summed E-state index contributed by atoms with van der Waals surface area (Å²) >= 11 is 2.25. The van der Waals surface area contributed by atoms with Crippen LogP contribution in [0.2, 0.25) is 0 Å². The van der Waals surface area contributed by atoms with Gasteiger partial charge in [0, 0.05) is 6.42 Å². The number of carbonyl (C=O) groups is 2. The molecule has 2 amide bonds. The van der Waals surface area contributed by atoms with Crippen molar-refractivity contribution in [2.45, 2.75) is 17.7 Å². The van der Waals surface area contributed by atoms with Crippen molar-refractivity contribution in [2.75, 3.05) is 23.5 Å². The number of benzene rings is 1. The Morgan fingerprint density at radius 3 is 2.73 bits per heavy atom. The van der Waals surface area contributed by atoms with E-state index < -0.39 is 10.8 Å². The van der Waals surface area contributed by atoms with E-state index in [1.54, 1.807) is 6.92 Å². The fourth-order valence-electron chi connectivity index (χ4n) is 1.74. The summed E-state index contributed by atoms with van der Waals surface area (Å²) < 4.78 is 5.44. The molecule has 1 aromatic heterocycles. The normalized spacial score (nSPS) is 10.2. The second-order valence-corrected chi connectivity index (χ2v) is 6.95. The minimum Gasteiger partial charge on any atom is -0.496 e. The smallest absolute Gasteiger partial charge is 0.296 e. The van der Waals surface area contributed by atoms with E-state index >= 15 is 0 Å². The predicted molar refractivity (Wildman–Crippen MR) is 97.8 cm³/mol. The van der Waals surface area contributed by atoms with Gasteiger partial charge in [-0.3, -0.25) is 19.7 Å². The zero-order chi connectivity index (χ0) is 19.1. The van der Waals surface area contributed by atoms with Crippen molar-refractivity contribution in [3.05, 3.63) is 28.3 Å². The minimum atomic E-state index is -0.599. The highest BCUT2D eigenvalue weighted by Crippen LogP contribution is 2.30. The molecular weight excluding hydrogens is 382 g/mol. The number of hydrogen-bond donors (Lipinski definition) is 2. The SMILES string of the molecule is CCC(=O)Nc1nnc(SCC(=O)Nc2ccc(OC)cc2[N+](=O)[O-])s1. The largest absolute Gasteiger partial charge is 0.496 e. The number of amides is 2. The molecule has 0 bridgehead atoms. The molecule has 12 heteroatoms. The molecular formula is C14H15N5O5S2. The van der Waals surface area contributed by atoms with Crippen LogP contribution < -0.4 is 15.4 Å². The molecule has 26 heavy (non-hydrogen) atoms. The average molecular weight is 397 g/mol. The van der Waals surface area contributed by atoms with Gasteiger partial charge in [-0.15, -0.1) is 10.2 Å². The first-order valence-corrected chi connectivity index (χ1v) is 9.11. The first-order chi connectivity index (χ1) is 12.4. The third-order valence-corrected chi connectivity index (χ3v) is 4.95. The number of anilines is 2. The van der Waals surface area contributed by atoms with E-state index in [9.17, 15) is 19.7 Å². The van der Waals surface area contributed by atoms with Gasteiger partial charge in [0.2, 0.25) is 16.9 Å². The summed E-state index contributed by atoms with van der Waals surface area (Å²) in [6.45, 7) is 1.72. The van der Waals surface area contributed by atoms with Gasteiger partial charge in [0.1, 0.15) is 11.4 Å². The number of carbonyl (C=O) groups excluding carboxylic acids is 2. The van der Waals surface area contributed by atoms with Crippen molar-refractivity contribution < 1.29 is 19.2 Å². The lowest BCUT2D eigenvalue weighted by atomic mass is 10.2. The number of aromatic nitrogens is 2. The van der Waals surface area contributed by atoms with Gasteiger partial charge < -0.3 is 15.4 Å². The van der Waals surface area contributed by atoms with E-state index in [-0.39, 0.29) is 23.0 Å². The summed E-state index contributed by atoms with van der Waals surface area (Å²) in [5.41, 5.74) is -0.183. The summed E-state index contributed by atoms with van der Waals surface area (Å²) in [6.07, 6.45) is 0.325. The summed E-state index contributed by atoms with van der Waals surface area (Å²) in [5.74, 6) is -0.307. The van der Waals surface area contributed by atoms with Gasteiger partial charge in [-0.1, -0.05) is 30.0 Å². The lowest BCUT2D eigenvalue weighted by Crippen LogP contribution is -2.15. The zero-order valence-electron chi connectivity index (χ0n) is 13.8. The van der Waals surface area contributed by atoms with Gasteiger partial charge in [-0.2, -0.15) is 0 Å². The molecule has 1 aromatic carbocycles. The van der Waals surface area contributed by atoms with Gasteiger partial charge in [-0.25, -0.2) is 0 Å². The van der Waals surface area contributed by atoms with Crippen molar-refractivity contribution >= 4 is 51.4 Å². The van der Waals surface area contributed by atoms with Crippen LogP contribution in [0, 0.1) is 10.1 Å². The molecule has 0 saturated carbocycles. The molecule has 2 aromatic rings. The topological polar surface area (TPSA) is 136 Å². The second-order valence-electron chi connectivity index (χ2n) is 4.75. The van der Waals surface area contributed by atoms with Gasteiger partial charge in [-0.05, 0) is 12.1 Å². The molecule has 0 aliphatic rings. The van der Waals surface area contributed by atoms with Crippen molar-refractivity contribution in [3.8, 4) is 5.75 Å². The molecule has 0 unspecified atom stereocenters. The van der Waals surface area contributed by atoms with Crippen LogP contribution in [0.15, 0.2) is 22.5 Å². The molecule has 0 spiro atoms. The first kappa shape index (κ1) is 19.6. The number of nitrogens with one attached hydrogen (secondary N) is 2. The van der Waals surface area contributed by atoms with Crippen molar-refractivity contribution in [1.29, 1.82) is 0 Å². The maximum Gasteiger partial charge on any atom is 0.296 e. The van der Waals surface area contributed by atoms with Crippen LogP contribution in [0.1, 0.15) is 13.3 Å². The highest BCUT2D eigenvalue weighted by molar-refractivity contribution is 8.01. The number of hydrogen-bond acceptors (Lipinski definition) is 9. The first-order valence-electron chi connectivity index (χ1n) is 7.31. The average Bonchev–Trinajstić information content (AvgIpc) is 3.07. The number of methoxy groups -OCH3 is 1. The quantitative estimate of drug-likeness (QED) is 0.300. The molecule has 2 N–H and O–H groups in total. The Labute approximate surface area is 156 Å². The third-order valence-electron chi connectivity index (χ3n) is 2.98.